The third-order valence-electron chi connectivity index (χ3n) is 3.32. The third kappa shape index (κ3) is 0.928. The molecule has 14 heavy (non-hydrogen) atoms. The molecule has 1 aromatic heterocycles. The number of rotatable bonds is 1. The molecular formula is C9H12N4O. The lowest BCUT2D eigenvalue weighted by Gasteiger charge is -2.33. The van der Waals surface area contributed by atoms with Crippen molar-refractivity contribution in [2.75, 3.05) is 11.4 Å². The van der Waals surface area contributed by atoms with E-state index < -0.39 is 0 Å². The largest absolute Gasteiger partial charge is 0.351 e. The lowest BCUT2D eigenvalue weighted by molar-refractivity contribution is 0.311. The van der Waals surface area contributed by atoms with Gasteiger partial charge in [0.05, 0.1) is 6.33 Å². The summed E-state index contributed by atoms with van der Waals surface area (Å²) in [5, 5.41) is 0. The maximum atomic E-state index is 11.1. The van der Waals surface area contributed by atoms with Crippen molar-refractivity contribution >= 4 is 5.82 Å². The van der Waals surface area contributed by atoms with Gasteiger partial charge in [0.2, 0.25) is 0 Å². The molecule has 0 aromatic carbocycles. The standard InChI is InChI=1S/C9H12N4O/c10-9-5-1-6(9)13(3-5)7-2-8(14)12-4-11-7/h2,4-6,9H,1,3,10H2,(H,11,12,14). The van der Waals surface area contributed by atoms with Crippen molar-refractivity contribution in [3.63, 3.8) is 0 Å². The number of hydrogen-bond donors (Lipinski definition) is 2. The van der Waals surface area contributed by atoms with Crippen molar-refractivity contribution in [3.8, 4) is 0 Å². The number of H-pyrrole nitrogens is 1. The molecule has 1 aliphatic carbocycles. The highest BCUT2D eigenvalue weighted by Gasteiger charge is 2.50. The van der Waals surface area contributed by atoms with Crippen molar-refractivity contribution in [3.05, 3.63) is 22.7 Å². The van der Waals surface area contributed by atoms with Gasteiger partial charge in [0.25, 0.3) is 5.56 Å². The summed E-state index contributed by atoms with van der Waals surface area (Å²) in [7, 11) is 0. The number of nitrogens with zero attached hydrogens (tertiary/aromatic N) is 2. The molecule has 3 atom stereocenters. The van der Waals surface area contributed by atoms with Gasteiger partial charge in [0, 0.05) is 24.7 Å². The van der Waals surface area contributed by atoms with E-state index in [0.29, 0.717) is 12.0 Å². The van der Waals surface area contributed by atoms with Gasteiger partial charge in [-0.15, -0.1) is 0 Å². The van der Waals surface area contributed by atoms with E-state index in [4.69, 9.17) is 5.73 Å². The molecule has 74 valence electrons. The highest BCUT2D eigenvalue weighted by atomic mass is 16.1. The Morgan fingerprint density at radius 2 is 2.50 bits per heavy atom. The molecule has 3 unspecified atom stereocenters. The van der Waals surface area contributed by atoms with E-state index in [1.165, 1.54) is 12.4 Å². The maximum absolute atomic E-state index is 11.1. The molecular weight excluding hydrogens is 180 g/mol. The Balaban J connectivity index is 1.94. The fourth-order valence-corrected chi connectivity index (χ4v) is 2.44. The summed E-state index contributed by atoms with van der Waals surface area (Å²) in [4.78, 5) is 19.9. The Morgan fingerprint density at radius 1 is 1.64 bits per heavy atom. The summed E-state index contributed by atoms with van der Waals surface area (Å²) in [6.45, 7) is 0.947. The first-order chi connectivity index (χ1) is 6.75. The van der Waals surface area contributed by atoms with Gasteiger partial charge in [-0.25, -0.2) is 4.98 Å². The molecule has 5 nitrogen and oxygen atoms in total. The van der Waals surface area contributed by atoms with Crippen LogP contribution in [-0.2, 0) is 0 Å². The zero-order valence-corrected chi connectivity index (χ0v) is 7.68. The van der Waals surface area contributed by atoms with Crippen LogP contribution < -0.4 is 16.2 Å². The molecule has 3 heterocycles. The van der Waals surface area contributed by atoms with Crippen molar-refractivity contribution in [2.45, 2.75) is 18.5 Å². The van der Waals surface area contributed by atoms with Crippen LogP contribution in [0.3, 0.4) is 0 Å². The van der Waals surface area contributed by atoms with Gasteiger partial charge in [-0.1, -0.05) is 0 Å². The summed E-state index contributed by atoms with van der Waals surface area (Å²) in [6.07, 6.45) is 2.59. The molecule has 3 N–H and O–H groups in total. The van der Waals surface area contributed by atoms with Crippen LogP contribution in [-0.4, -0.2) is 28.6 Å². The van der Waals surface area contributed by atoms with E-state index in [9.17, 15) is 4.79 Å². The number of nitrogens with two attached hydrogens (primary N) is 1. The average molecular weight is 192 g/mol. The van der Waals surface area contributed by atoms with Crippen LogP contribution in [0.5, 0.6) is 0 Å². The van der Waals surface area contributed by atoms with E-state index in [1.807, 2.05) is 0 Å². The summed E-state index contributed by atoms with van der Waals surface area (Å²) >= 11 is 0. The molecule has 0 radical (unpaired) electrons. The SMILES string of the molecule is NC1C2CC1N(c1cc(=O)[nH]cn1)C2. The van der Waals surface area contributed by atoms with Crippen LogP contribution in [0.4, 0.5) is 5.82 Å². The molecule has 5 heteroatoms. The topological polar surface area (TPSA) is 75.0 Å². The second-order valence-corrected chi connectivity index (χ2v) is 4.06. The molecule has 1 saturated carbocycles. The van der Waals surface area contributed by atoms with Gasteiger partial charge >= 0.3 is 0 Å². The zero-order valence-electron chi connectivity index (χ0n) is 7.68. The van der Waals surface area contributed by atoms with Crippen molar-refractivity contribution < 1.29 is 0 Å². The number of aromatic amines is 1. The Morgan fingerprint density at radius 3 is 3.07 bits per heavy atom. The van der Waals surface area contributed by atoms with Crippen LogP contribution in [0.2, 0.25) is 0 Å². The molecule has 3 fully saturated rings. The predicted octanol–water partition coefficient (Wildman–Crippen LogP) is -0.694. The van der Waals surface area contributed by atoms with Gasteiger partial charge in [-0.2, -0.15) is 0 Å². The summed E-state index contributed by atoms with van der Waals surface area (Å²) in [5.74, 6) is 1.36. The minimum atomic E-state index is -0.104. The Labute approximate surface area is 80.9 Å². The summed E-state index contributed by atoms with van der Waals surface area (Å²) in [6, 6.07) is 2.21. The molecule has 4 rings (SSSR count). The van der Waals surface area contributed by atoms with Crippen LogP contribution in [0, 0.1) is 5.92 Å². The van der Waals surface area contributed by atoms with Crippen molar-refractivity contribution in [2.24, 2.45) is 11.7 Å². The van der Waals surface area contributed by atoms with Gasteiger partial charge in [0.15, 0.2) is 0 Å². The van der Waals surface area contributed by atoms with Gasteiger partial charge in [0.1, 0.15) is 5.82 Å². The third-order valence-corrected chi connectivity index (χ3v) is 3.32. The normalized spacial score (nSPS) is 34.4. The Kier molecular flexibility index (Phi) is 1.47. The summed E-state index contributed by atoms with van der Waals surface area (Å²) in [5.41, 5.74) is 5.83. The van der Waals surface area contributed by atoms with Crippen molar-refractivity contribution in [1.82, 2.24) is 9.97 Å². The van der Waals surface area contributed by atoms with Crippen LogP contribution in [0.1, 0.15) is 6.42 Å². The molecule has 0 spiro atoms. The molecule has 3 aliphatic rings. The quantitative estimate of drug-likeness (QED) is 0.617. The van der Waals surface area contributed by atoms with E-state index >= 15 is 0 Å². The highest BCUT2D eigenvalue weighted by Crippen LogP contribution is 2.41. The number of aromatic nitrogens is 2. The number of hydrogen-bond acceptors (Lipinski definition) is 4. The molecule has 2 saturated heterocycles. The van der Waals surface area contributed by atoms with E-state index in [0.717, 1.165) is 18.8 Å². The first kappa shape index (κ1) is 7.99. The maximum Gasteiger partial charge on any atom is 0.252 e. The highest BCUT2D eigenvalue weighted by molar-refractivity contribution is 5.44. The molecule has 2 bridgehead atoms. The van der Waals surface area contributed by atoms with E-state index in [-0.39, 0.29) is 11.6 Å². The lowest BCUT2D eigenvalue weighted by atomic mass is 9.81. The number of anilines is 1. The number of fused-ring (bicyclic) bond motifs is 1. The Hall–Kier alpha value is -1.36. The van der Waals surface area contributed by atoms with Crippen LogP contribution in [0.15, 0.2) is 17.2 Å². The number of nitrogens with one attached hydrogen (secondary N) is 1. The second kappa shape index (κ2) is 2.57. The second-order valence-electron chi connectivity index (χ2n) is 4.06. The predicted molar refractivity (Wildman–Crippen MR) is 52.1 cm³/mol. The lowest BCUT2D eigenvalue weighted by Crippen LogP contribution is -2.49. The Bertz CT molecular complexity index is 415. The van der Waals surface area contributed by atoms with Crippen molar-refractivity contribution in [1.29, 1.82) is 0 Å². The first-order valence-corrected chi connectivity index (χ1v) is 4.82. The summed E-state index contributed by atoms with van der Waals surface area (Å²) < 4.78 is 0. The minimum Gasteiger partial charge on any atom is -0.351 e. The smallest absolute Gasteiger partial charge is 0.252 e. The monoisotopic (exact) mass is 192 g/mol. The molecule has 1 aromatic rings. The van der Waals surface area contributed by atoms with Gasteiger partial charge in [-0.3, -0.25) is 4.79 Å². The van der Waals surface area contributed by atoms with Crippen LogP contribution >= 0.6 is 0 Å². The van der Waals surface area contributed by atoms with Gasteiger partial charge < -0.3 is 15.6 Å². The fourth-order valence-electron chi connectivity index (χ4n) is 2.44. The average Bonchev–Trinajstić information content (AvgIpc) is 2.74. The fraction of sp³-hybridized carbons (Fsp3) is 0.556. The molecule has 2 aliphatic heterocycles. The van der Waals surface area contributed by atoms with E-state index in [1.54, 1.807) is 0 Å². The zero-order chi connectivity index (χ0) is 9.71. The van der Waals surface area contributed by atoms with Gasteiger partial charge in [-0.05, 0) is 12.3 Å². The first-order valence-electron chi connectivity index (χ1n) is 4.82. The van der Waals surface area contributed by atoms with Crippen LogP contribution in [0.25, 0.3) is 0 Å². The minimum absolute atomic E-state index is 0.104. The molecule has 0 amide bonds. The van der Waals surface area contributed by atoms with E-state index in [2.05, 4.69) is 14.9 Å².